The second kappa shape index (κ2) is 10.4. The second-order valence-corrected chi connectivity index (χ2v) is 9.69. The van der Waals surface area contributed by atoms with Crippen LogP contribution in [0.4, 0.5) is 11.4 Å². The fourth-order valence-corrected chi connectivity index (χ4v) is 4.97. The topological polar surface area (TPSA) is 64.6 Å². The van der Waals surface area contributed by atoms with Crippen LogP contribution in [0, 0.1) is 5.92 Å². The smallest absolute Gasteiger partial charge is 0.335 e. The number of para-hydroxylation sites is 1. The lowest BCUT2D eigenvalue weighted by molar-refractivity contribution is 0.0697. The average Bonchev–Trinajstić information content (AvgIpc) is 3.65. The molecule has 1 aliphatic heterocycles. The summed E-state index contributed by atoms with van der Waals surface area (Å²) in [5.41, 5.74) is 5.21. The standard InChI is InChI=1S/C29H33N3O2/c33-29(34)24-8-6-22(7-9-24)20-32-16-14-21(15-17-32)19-30-28-18-27(28)23-10-12-26(13-11-23)31-25-4-2-1-3-5-25/h1-13,21,27-28,30-31H,14-20H2,(H,33,34)/t27-,28+/m0/s1. The van der Waals surface area contributed by atoms with Gasteiger partial charge in [0.25, 0.3) is 0 Å². The molecule has 0 unspecified atom stereocenters. The number of likely N-dealkylation sites (tertiary alicyclic amines) is 1. The van der Waals surface area contributed by atoms with Gasteiger partial charge in [-0.3, -0.25) is 4.90 Å². The number of nitrogens with zero attached hydrogens (tertiary/aromatic N) is 1. The van der Waals surface area contributed by atoms with Gasteiger partial charge >= 0.3 is 5.97 Å². The van der Waals surface area contributed by atoms with E-state index in [-0.39, 0.29) is 0 Å². The van der Waals surface area contributed by atoms with Gasteiger partial charge in [-0.05, 0) is 92.3 Å². The number of benzene rings is 3. The summed E-state index contributed by atoms with van der Waals surface area (Å²) >= 11 is 0. The molecule has 3 N–H and O–H groups in total. The summed E-state index contributed by atoms with van der Waals surface area (Å²) < 4.78 is 0. The van der Waals surface area contributed by atoms with Crippen molar-refractivity contribution in [3.63, 3.8) is 0 Å². The van der Waals surface area contributed by atoms with Crippen LogP contribution in [0.3, 0.4) is 0 Å². The van der Waals surface area contributed by atoms with E-state index in [1.54, 1.807) is 12.1 Å². The number of hydrogen-bond donors (Lipinski definition) is 3. The molecular formula is C29H33N3O2. The van der Waals surface area contributed by atoms with Crippen LogP contribution < -0.4 is 10.6 Å². The minimum atomic E-state index is -0.866. The van der Waals surface area contributed by atoms with Gasteiger partial charge in [0.2, 0.25) is 0 Å². The molecule has 2 atom stereocenters. The van der Waals surface area contributed by atoms with E-state index in [0.29, 0.717) is 17.5 Å². The van der Waals surface area contributed by atoms with Gasteiger partial charge in [-0.25, -0.2) is 4.79 Å². The molecule has 0 radical (unpaired) electrons. The molecule has 176 valence electrons. The summed E-state index contributed by atoms with van der Waals surface area (Å²) in [4.78, 5) is 13.5. The molecule has 1 aliphatic carbocycles. The van der Waals surface area contributed by atoms with Crippen molar-refractivity contribution in [1.29, 1.82) is 0 Å². The predicted molar refractivity (Wildman–Crippen MR) is 137 cm³/mol. The van der Waals surface area contributed by atoms with E-state index in [1.807, 2.05) is 30.3 Å². The number of nitrogens with one attached hydrogen (secondary N) is 2. The van der Waals surface area contributed by atoms with Gasteiger partial charge in [0.1, 0.15) is 0 Å². The highest BCUT2D eigenvalue weighted by Crippen LogP contribution is 2.41. The van der Waals surface area contributed by atoms with Crippen molar-refractivity contribution in [2.45, 2.75) is 37.8 Å². The molecule has 5 heteroatoms. The normalized spacial score (nSPS) is 20.7. The summed E-state index contributed by atoms with van der Waals surface area (Å²) in [7, 11) is 0. The Morgan fingerprint density at radius 3 is 2.24 bits per heavy atom. The van der Waals surface area contributed by atoms with Crippen molar-refractivity contribution in [3.05, 3.63) is 95.6 Å². The lowest BCUT2D eigenvalue weighted by Crippen LogP contribution is -2.37. The minimum Gasteiger partial charge on any atom is -0.478 e. The van der Waals surface area contributed by atoms with Crippen LogP contribution >= 0.6 is 0 Å². The molecule has 3 aromatic carbocycles. The Morgan fingerprint density at radius 1 is 0.882 bits per heavy atom. The SMILES string of the molecule is O=C(O)c1ccc(CN2CCC(CN[C@@H]3C[C@H]3c3ccc(Nc4ccccc4)cc3)CC2)cc1. The van der Waals surface area contributed by atoms with Crippen LogP contribution in [-0.2, 0) is 6.54 Å². The van der Waals surface area contributed by atoms with E-state index in [4.69, 9.17) is 5.11 Å². The van der Waals surface area contributed by atoms with Gasteiger partial charge in [0.15, 0.2) is 0 Å². The minimum absolute atomic E-state index is 0.353. The lowest BCUT2D eigenvalue weighted by atomic mass is 9.96. The first kappa shape index (κ1) is 22.6. The molecular weight excluding hydrogens is 422 g/mol. The summed E-state index contributed by atoms with van der Waals surface area (Å²) in [5, 5.41) is 16.3. The second-order valence-electron chi connectivity index (χ2n) is 9.69. The number of piperidine rings is 1. The van der Waals surface area contributed by atoms with E-state index in [0.717, 1.165) is 43.5 Å². The third-order valence-electron chi connectivity index (χ3n) is 7.17. The summed E-state index contributed by atoms with van der Waals surface area (Å²) in [6.45, 7) is 4.23. The van der Waals surface area contributed by atoms with Crippen molar-refractivity contribution >= 4 is 17.3 Å². The van der Waals surface area contributed by atoms with Gasteiger partial charge in [-0.15, -0.1) is 0 Å². The molecule has 1 heterocycles. The van der Waals surface area contributed by atoms with Crippen LogP contribution in [0.5, 0.6) is 0 Å². The highest BCUT2D eigenvalue weighted by molar-refractivity contribution is 5.87. The first-order chi connectivity index (χ1) is 16.6. The van der Waals surface area contributed by atoms with Crippen molar-refractivity contribution in [2.24, 2.45) is 5.92 Å². The number of carbonyl (C=O) groups is 1. The van der Waals surface area contributed by atoms with Crippen LogP contribution in [-0.4, -0.2) is 41.7 Å². The number of carboxylic acids is 1. The maximum atomic E-state index is 11.0. The molecule has 3 aromatic rings. The van der Waals surface area contributed by atoms with E-state index >= 15 is 0 Å². The van der Waals surface area contributed by atoms with Gasteiger partial charge in [-0.2, -0.15) is 0 Å². The predicted octanol–water partition coefficient (Wildman–Crippen LogP) is 5.49. The highest BCUT2D eigenvalue weighted by atomic mass is 16.4. The number of anilines is 2. The average molecular weight is 456 g/mol. The number of rotatable bonds is 9. The van der Waals surface area contributed by atoms with Gasteiger partial charge in [0, 0.05) is 29.9 Å². The van der Waals surface area contributed by atoms with Crippen LogP contribution in [0.1, 0.15) is 46.7 Å². The maximum Gasteiger partial charge on any atom is 0.335 e. The Kier molecular flexibility index (Phi) is 6.93. The van der Waals surface area contributed by atoms with Crippen molar-refractivity contribution in [2.75, 3.05) is 25.0 Å². The van der Waals surface area contributed by atoms with Gasteiger partial charge in [0.05, 0.1) is 5.56 Å². The summed E-state index contributed by atoms with van der Waals surface area (Å²) in [6, 6.07) is 27.1. The zero-order valence-electron chi connectivity index (χ0n) is 19.5. The monoisotopic (exact) mass is 455 g/mol. The molecule has 0 aromatic heterocycles. The Balaban J connectivity index is 1.02. The van der Waals surface area contributed by atoms with E-state index in [1.165, 1.54) is 30.4 Å². The molecule has 5 nitrogen and oxygen atoms in total. The van der Waals surface area contributed by atoms with Gasteiger partial charge < -0.3 is 15.7 Å². The third kappa shape index (κ3) is 5.85. The quantitative estimate of drug-likeness (QED) is 0.398. The Morgan fingerprint density at radius 2 is 1.56 bits per heavy atom. The van der Waals surface area contributed by atoms with Gasteiger partial charge in [-0.1, -0.05) is 42.5 Å². The first-order valence-electron chi connectivity index (χ1n) is 12.3. The molecule has 2 aliphatic rings. The van der Waals surface area contributed by atoms with Crippen LogP contribution in [0.2, 0.25) is 0 Å². The molecule has 1 saturated carbocycles. The molecule has 34 heavy (non-hydrogen) atoms. The third-order valence-corrected chi connectivity index (χ3v) is 7.17. The zero-order chi connectivity index (χ0) is 23.3. The van der Waals surface area contributed by atoms with E-state index in [9.17, 15) is 4.79 Å². The zero-order valence-corrected chi connectivity index (χ0v) is 19.5. The lowest BCUT2D eigenvalue weighted by Gasteiger charge is -2.32. The largest absolute Gasteiger partial charge is 0.478 e. The number of hydrogen-bond acceptors (Lipinski definition) is 4. The number of aromatic carboxylic acids is 1. The van der Waals surface area contributed by atoms with Crippen LogP contribution in [0.25, 0.3) is 0 Å². The van der Waals surface area contributed by atoms with E-state index in [2.05, 4.69) is 51.9 Å². The first-order valence-corrected chi connectivity index (χ1v) is 12.3. The van der Waals surface area contributed by atoms with Crippen molar-refractivity contribution in [1.82, 2.24) is 10.2 Å². The molecule has 1 saturated heterocycles. The maximum absolute atomic E-state index is 11.0. The summed E-state index contributed by atoms with van der Waals surface area (Å²) in [5.74, 6) is 0.513. The highest BCUT2D eigenvalue weighted by Gasteiger charge is 2.38. The number of carboxylic acid groups (broad SMARTS) is 1. The summed E-state index contributed by atoms with van der Waals surface area (Å²) in [6.07, 6.45) is 3.67. The van der Waals surface area contributed by atoms with Crippen molar-refractivity contribution in [3.8, 4) is 0 Å². The molecule has 0 spiro atoms. The fourth-order valence-electron chi connectivity index (χ4n) is 4.97. The van der Waals surface area contributed by atoms with E-state index < -0.39 is 5.97 Å². The molecule has 0 bridgehead atoms. The van der Waals surface area contributed by atoms with Crippen molar-refractivity contribution < 1.29 is 9.90 Å². The van der Waals surface area contributed by atoms with Crippen LogP contribution in [0.15, 0.2) is 78.9 Å². The molecule has 5 rings (SSSR count). The molecule has 0 amide bonds. The fraction of sp³-hybridized carbons (Fsp3) is 0.345. The Hall–Kier alpha value is -3.15. The Labute approximate surface area is 201 Å². The Bertz CT molecular complexity index is 1070. The molecule has 2 fully saturated rings.